The number of hydrogen-bond acceptors (Lipinski definition) is 4. The fourth-order valence-corrected chi connectivity index (χ4v) is 2.13. The van der Waals surface area contributed by atoms with E-state index < -0.39 is 0 Å². The molecule has 84 valence electrons. The van der Waals surface area contributed by atoms with Gasteiger partial charge in [-0.25, -0.2) is 9.97 Å². The van der Waals surface area contributed by atoms with Crippen LogP contribution in [-0.2, 0) is 4.74 Å². The molecule has 3 heterocycles. The molecule has 1 aliphatic rings. The van der Waals surface area contributed by atoms with Crippen LogP contribution in [0.25, 0.3) is 11.2 Å². The summed E-state index contributed by atoms with van der Waals surface area (Å²) in [5.41, 5.74) is 1.68. The van der Waals surface area contributed by atoms with Crippen molar-refractivity contribution in [3.05, 3.63) is 22.6 Å². The maximum Gasteiger partial charge on any atom is 0.177 e. The van der Waals surface area contributed by atoms with Crippen molar-refractivity contribution in [2.24, 2.45) is 0 Å². The summed E-state index contributed by atoms with van der Waals surface area (Å²) < 4.78 is 6.35. The van der Waals surface area contributed by atoms with Crippen LogP contribution in [0, 0.1) is 0 Å². The minimum Gasteiger partial charge on any atom is -0.378 e. The Kier molecular flexibility index (Phi) is 2.62. The monoisotopic (exact) mass is 282 g/mol. The van der Waals surface area contributed by atoms with E-state index in [0.717, 1.165) is 34.6 Å². The summed E-state index contributed by atoms with van der Waals surface area (Å²) in [5, 5.41) is 3.35. The lowest BCUT2D eigenvalue weighted by molar-refractivity contribution is 0.0746. The normalized spacial score (nSPS) is 21.4. The summed E-state index contributed by atoms with van der Waals surface area (Å²) in [6.45, 7) is 2.28. The predicted molar refractivity (Wildman–Crippen MR) is 63.2 cm³/mol. The molecule has 3 rings (SSSR count). The first-order chi connectivity index (χ1) is 7.83. The molecule has 2 aromatic heterocycles. The van der Waals surface area contributed by atoms with E-state index in [0.29, 0.717) is 6.61 Å². The Morgan fingerprint density at radius 1 is 1.50 bits per heavy atom. The molecule has 0 radical (unpaired) electrons. The summed E-state index contributed by atoms with van der Waals surface area (Å²) in [5.74, 6) is 0.889. The maximum atomic E-state index is 5.40. The number of nitrogens with one attached hydrogen (secondary N) is 2. The van der Waals surface area contributed by atoms with Gasteiger partial charge in [-0.3, -0.25) is 0 Å². The Hall–Kier alpha value is -0.980. The zero-order chi connectivity index (χ0) is 11.0. The number of aromatic nitrogens is 3. The average molecular weight is 283 g/mol. The third kappa shape index (κ3) is 1.83. The van der Waals surface area contributed by atoms with E-state index in [-0.39, 0.29) is 6.04 Å². The standard InChI is InChI=1S/C10H11BrN4O/c11-6-3-7-9(13-4-6)15-10(14-7)8-5-16-2-1-12-8/h3-4,8,12H,1-2,5H2,(H,13,14,15). The SMILES string of the molecule is Brc1cnc2nc(C3COCCN3)[nH]c2c1. The lowest BCUT2D eigenvalue weighted by Crippen LogP contribution is -2.35. The summed E-state index contributed by atoms with van der Waals surface area (Å²) in [7, 11) is 0. The van der Waals surface area contributed by atoms with Gasteiger partial charge in [-0.05, 0) is 22.0 Å². The van der Waals surface area contributed by atoms with Crippen LogP contribution in [0.15, 0.2) is 16.7 Å². The number of aromatic amines is 1. The van der Waals surface area contributed by atoms with E-state index in [1.807, 2.05) is 6.07 Å². The molecule has 6 heteroatoms. The third-order valence-corrected chi connectivity index (χ3v) is 3.01. The van der Waals surface area contributed by atoms with Gasteiger partial charge in [-0.2, -0.15) is 0 Å². The number of halogens is 1. The molecule has 1 fully saturated rings. The van der Waals surface area contributed by atoms with Crippen molar-refractivity contribution in [2.45, 2.75) is 6.04 Å². The van der Waals surface area contributed by atoms with Gasteiger partial charge in [-0.1, -0.05) is 0 Å². The molecule has 1 unspecified atom stereocenters. The van der Waals surface area contributed by atoms with Gasteiger partial charge in [0.05, 0.1) is 24.8 Å². The minimum absolute atomic E-state index is 0.140. The van der Waals surface area contributed by atoms with E-state index in [9.17, 15) is 0 Å². The average Bonchev–Trinajstić information content (AvgIpc) is 2.73. The first-order valence-corrected chi connectivity index (χ1v) is 5.94. The third-order valence-electron chi connectivity index (χ3n) is 2.57. The second-order valence-corrected chi connectivity index (χ2v) is 4.64. The molecule has 1 aliphatic heterocycles. The molecule has 0 spiro atoms. The number of H-pyrrole nitrogens is 1. The fraction of sp³-hybridized carbons (Fsp3) is 0.400. The molecule has 0 aromatic carbocycles. The molecule has 1 saturated heterocycles. The highest BCUT2D eigenvalue weighted by atomic mass is 79.9. The van der Waals surface area contributed by atoms with Gasteiger partial charge in [0.15, 0.2) is 5.65 Å². The molecule has 2 N–H and O–H groups in total. The van der Waals surface area contributed by atoms with Crippen LogP contribution >= 0.6 is 15.9 Å². The molecule has 16 heavy (non-hydrogen) atoms. The molecule has 0 amide bonds. The van der Waals surface area contributed by atoms with Crippen molar-refractivity contribution in [2.75, 3.05) is 19.8 Å². The highest BCUT2D eigenvalue weighted by molar-refractivity contribution is 9.10. The lowest BCUT2D eigenvalue weighted by Gasteiger charge is -2.21. The summed E-state index contributed by atoms with van der Waals surface area (Å²) in [6, 6.07) is 2.12. The van der Waals surface area contributed by atoms with E-state index in [1.54, 1.807) is 6.20 Å². The van der Waals surface area contributed by atoms with Crippen LogP contribution in [0.3, 0.4) is 0 Å². The summed E-state index contributed by atoms with van der Waals surface area (Å²) in [6.07, 6.45) is 1.75. The molecule has 2 aromatic rings. The molecule has 1 atom stereocenters. The Balaban J connectivity index is 1.97. The highest BCUT2D eigenvalue weighted by Crippen LogP contribution is 2.19. The number of ether oxygens (including phenoxy) is 1. The topological polar surface area (TPSA) is 62.8 Å². The van der Waals surface area contributed by atoms with Crippen LogP contribution < -0.4 is 5.32 Å². The van der Waals surface area contributed by atoms with Crippen molar-refractivity contribution < 1.29 is 4.74 Å². The molecule has 5 nitrogen and oxygen atoms in total. The molecule has 0 bridgehead atoms. The number of imidazole rings is 1. The predicted octanol–water partition coefficient (Wildman–Crippen LogP) is 1.38. The van der Waals surface area contributed by atoms with Crippen LogP contribution in [0.5, 0.6) is 0 Å². The Morgan fingerprint density at radius 2 is 2.44 bits per heavy atom. The van der Waals surface area contributed by atoms with Gasteiger partial charge >= 0.3 is 0 Å². The van der Waals surface area contributed by atoms with E-state index in [4.69, 9.17) is 4.74 Å². The zero-order valence-electron chi connectivity index (χ0n) is 8.53. The van der Waals surface area contributed by atoms with Crippen LogP contribution in [0.1, 0.15) is 11.9 Å². The molecular weight excluding hydrogens is 272 g/mol. The van der Waals surface area contributed by atoms with Crippen molar-refractivity contribution in [3.63, 3.8) is 0 Å². The van der Waals surface area contributed by atoms with Crippen molar-refractivity contribution in [1.82, 2.24) is 20.3 Å². The van der Waals surface area contributed by atoms with Crippen molar-refractivity contribution >= 4 is 27.1 Å². The van der Waals surface area contributed by atoms with Crippen LogP contribution in [0.2, 0.25) is 0 Å². The van der Waals surface area contributed by atoms with Gasteiger partial charge in [0.2, 0.25) is 0 Å². The smallest absolute Gasteiger partial charge is 0.177 e. The van der Waals surface area contributed by atoms with Gasteiger partial charge < -0.3 is 15.0 Å². The quantitative estimate of drug-likeness (QED) is 0.830. The number of morpholine rings is 1. The van der Waals surface area contributed by atoms with E-state index in [2.05, 4.69) is 36.2 Å². The van der Waals surface area contributed by atoms with Crippen molar-refractivity contribution in [1.29, 1.82) is 0 Å². The number of nitrogens with zero attached hydrogens (tertiary/aromatic N) is 2. The number of pyridine rings is 1. The summed E-state index contributed by atoms with van der Waals surface area (Å²) >= 11 is 3.39. The van der Waals surface area contributed by atoms with Crippen molar-refractivity contribution in [3.8, 4) is 0 Å². The Morgan fingerprint density at radius 3 is 3.25 bits per heavy atom. The highest BCUT2D eigenvalue weighted by Gasteiger charge is 2.18. The minimum atomic E-state index is 0.140. The zero-order valence-corrected chi connectivity index (χ0v) is 10.1. The lowest BCUT2D eigenvalue weighted by atomic mass is 10.3. The molecule has 0 aliphatic carbocycles. The number of rotatable bonds is 1. The van der Waals surface area contributed by atoms with Crippen LogP contribution in [0.4, 0.5) is 0 Å². The number of hydrogen-bond donors (Lipinski definition) is 2. The van der Waals surface area contributed by atoms with Gasteiger partial charge in [0.1, 0.15) is 5.82 Å². The number of fused-ring (bicyclic) bond motifs is 1. The summed E-state index contributed by atoms with van der Waals surface area (Å²) in [4.78, 5) is 11.9. The van der Waals surface area contributed by atoms with Gasteiger partial charge in [0, 0.05) is 17.2 Å². The van der Waals surface area contributed by atoms with E-state index >= 15 is 0 Å². The Labute approximate surface area is 101 Å². The van der Waals surface area contributed by atoms with Gasteiger partial charge in [-0.15, -0.1) is 0 Å². The van der Waals surface area contributed by atoms with E-state index in [1.165, 1.54) is 0 Å². The maximum absolute atomic E-state index is 5.40. The second-order valence-electron chi connectivity index (χ2n) is 3.73. The molecule has 0 saturated carbocycles. The second kappa shape index (κ2) is 4.12. The molecular formula is C10H11BrN4O. The Bertz CT molecular complexity index is 506. The van der Waals surface area contributed by atoms with Crippen LogP contribution in [-0.4, -0.2) is 34.7 Å². The largest absolute Gasteiger partial charge is 0.378 e. The fourth-order valence-electron chi connectivity index (χ4n) is 1.80. The first kappa shape index (κ1) is 10.2. The first-order valence-electron chi connectivity index (χ1n) is 5.15. The van der Waals surface area contributed by atoms with Gasteiger partial charge in [0.25, 0.3) is 0 Å².